The van der Waals surface area contributed by atoms with Crippen LogP contribution >= 0.6 is 0 Å². The predicted octanol–water partition coefficient (Wildman–Crippen LogP) is 1.63. The van der Waals surface area contributed by atoms with Crippen LogP contribution in [0.2, 0.25) is 0 Å². The maximum absolute atomic E-state index is 5.54. The Balaban J connectivity index is 3.70. The monoisotopic (exact) mass is 158 g/mol. The predicted molar refractivity (Wildman–Crippen MR) is 48.3 cm³/mol. The number of rotatable bonds is 4. The molecule has 0 aliphatic carbocycles. The molecule has 0 aliphatic heterocycles. The molecule has 11 heavy (non-hydrogen) atoms. The van der Waals surface area contributed by atoms with Gasteiger partial charge < -0.3 is 9.22 Å². The molecule has 0 saturated heterocycles. The van der Waals surface area contributed by atoms with E-state index in [9.17, 15) is 0 Å². The number of ether oxygens (including phenoxy) is 1. The third kappa shape index (κ3) is 4.99. The van der Waals surface area contributed by atoms with Crippen LogP contribution in [-0.2, 0) is 4.74 Å². The second-order valence-electron chi connectivity index (χ2n) is 3.98. The molecule has 2 heteroatoms. The van der Waals surface area contributed by atoms with Crippen molar-refractivity contribution < 1.29 is 9.22 Å². The van der Waals surface area contributed by atoms with Gasteiger partial charge in [0.2, 0.25) is 0 Å². The summed E-state index contributed by atoms with van der Waals surface area (Å²) in [5.74, 6) is 0. The van der Waals surface area contributed by atoms with Gasteiger partial charge in [-0.25, -0.2) is 0 Å². The van der Waals surface area contributed by atoms with Crippen molar-refractivity contribution in [1.29, 1.82) is 0 Å². The fourth-order valence-electron chi connectivity index (χ4n) is 0.486. The molecule has 2 nitrogen and oxygen atoms in total. The zero-order valence-electron chi connectivity index (χ0n) is 8.35. The summed E-state index contributed by atoms with van der Waals surface area (Å²) in [4.78, 5) is 0. The first-order valence-electron chi connectivity index (χ1n) is 3.91. The fourth-order valence-corrected chi connectivity index (χ4v) is 0.486. The molecule has 0 bridgehead atoms. The first-order valence-corrected chi connectivity index (χ1v) is 3.91. The van der Waals surface area contributed by atoms with E-state index in [1.165, 1.54) is 0 Å². The lowest BCUT2D eigenvalue weighted by Crippen LogP contribution is -2.44. The molecule has 0 fully saturated rings. The molecule has 0 aliphatic rings. The van der Waals surface area contributed by atoms with Crippen molar-refractivity contribution in [2.45, 2.75) is 20.1 Å². The van der Waals surface area contributed by atoms with Crippen molar-refractivity contribution in [3.8, 4) is 0 Å². The van der Waals surface area contributed by atoms with Crippen molar-refractivity contribution in [3.63, 3.8) is 0 Å². The second-order valence-corrected chi connectivity index (χ2v) is 3.98. The molecule has 1 unspecified atom stereocenters. The Morgan fingerprint density at radius 3 is 2.18 bits per heavy atom. The zero-order valence-corrected chi connectivity index (χ0v) is 8.35. The molecular weight excluding hydrogens is 138 g/mol. The highest BCUT2D eigenvalue weighted by molar-refractivity contribution is 4.87. The van der Waals surface area contributed by atoms with Gasteiger partial charge in [-0.1, -0.05) is 12.2 Å². The van der Waals surface area contributed by atoms with E-state index in [1.54, 1.807) is 0 Å². The van der Waals surface area contributed by atoms with E-state index in [0.29, 0.717) is 6.61 Å². The van der Waals surface area contributed by atoms with Crippen LogP contribution in [0.1, 0.15) is 13.8 Å². The van der Waals surface area contributed by atoms with Crippen molar-refractivity contribution in [2.75, 3.05) is 27.7 Å². The van der Waals surface area contributed by atoms with Gasteiger partial charge in [-0.15, -0.1) is 0 Å². The Bertz CT molecular complexity index is 135. The average Bonchev–Trinajstić information content (AvgIpc) is 1.80. The minimum absolute atomic E-state index is 0.228. The van der Waals surface area contributed by atoms with Crippen LogP contribution in [0.3, 0.4) is 0 Å². The zero-order chi connectivity index (χ0) is 9.07. The van der Waals surface area contributed by atoms with Gasteiger partial charge in [-0.2, -0.15) is 0 Å². The Kier molecular flexibility index (Phi) is 3.76. The van der Waals surface area contributed by atoms with Crippen LogP contribution in [0.4, 0.5) is 0 Å². The summed E-state index contributed by atoms with van der Waals surface area (Å²) < 4.78 is 6.37. The Morgan fingerprint density at radius 2 is 1.91 bits per heavy atom. The summed E-state index contributed by atoms with van der Waals surface area (Å²) in [6.45, 7) is 8.49. The van der Waals surface area contributed by atoms with Gasteiger partial charge in [0.1, 0.15) is 0 Å². The maximum Gasteiger partial charge on any atom is 0.190 e. The summed E-state index contributed by atoms with van der Waals surface area (Å²) in [5, 5.41) is 0. The number of nitrogens with zero attached hydrogens (tertiary/aromatic N) is 1. The van der Waals surface area contributed by atoms with Gasteiger partial charge in [-0.05, 0) is 6.92 Å². The van der Waals surface area contributed by atoms with Crippen LogP contribution in [0.15, 0.2) is 12.2 Å². The van der Waals surface area contributed by atoms with Crippen LogP contribution in [-0.4, -0.2) is 38.5 Å². The van der Waals surface area contributed by atoms with Crippen LogP contribution in [0, 0.1) is 0 Å². The molecule has 0 radical (unpaired) electrons. The smallest absolute Gasteiger partial charge is 0.190 e. The number of quaternary nitrogens is 1. The standard InChI is InChI=1S/C9H20NO/c1-8(2)7-11-9(3)10(4,5)6/h9H,1,7H2,2-6H3/q+1. The summed E-state index contributed by atoms with van der Waals surface area (Å²) in [7, 11) is 6.34. The lowest BCUT2D eigenvalue weighted by Gasteiger charge is -2.31. The van der Waals surface area contributed by atoms with Gasteiger partial charge in [-0.3, -0.25) is 0 Å². The van der Waals surface area contributed by atoms with E-state index in [2.05, 4.69) is 34.6 Å². The Hall–Kier alpha value is -0.340. The van der Waals surface area contributed by atoms with E-state index in [4.69, 9.17) is 4.74 Å². The van der Waals surface area contributed by atoms with Crippen molar-refractivity contribution in [2.24, 2.45) is 0 Å². The normalized spacial score (nSPS) is 14.6. The molecule has 0 aromatic carbocycles. The van der Waals surface area contributed by atoms with E-state index < -0.39 is 0 Å². The highest BCUT2D eigenvalue weighted by Gasteiger charge is 2.17. The molecule has 0 spiro atoms. The van der Waals surface area contributed by atoms with Gasteiger partial charge in [0.15, 0.2) is 6.23 Å². The van der Waals surface area contributed by atoms with Gasteiger partial charge in [0, 0.05) is 6.92 Å². The van der Waals surface area contributed by atoms with Crippen LogP contribution < -0.4 is 0 Å². The van der Waals surface area contributed by atoms with Gasteiger partial charge in [0.25, 0.3) is 0 Å². The van der Waals surface area contributed by atoms with Crippen molar-refractivity contribution in [3.05, 3.63) is 12.2 Å². The van der Waals surface area contributed by atoms with Crippen molar-refractivity contribution in [1.82, 2.24) is 0 Å². The molecule has 0 saturated carbocycles. The molecule has 1 atom stereocenters. The molecule has 0 N–H and O–H groups in total. The van der Waals surface area contributed by atoms with Crippen LogP contribution in [0.25, 0.3) is 0 Å². The Morgan fingerprint density at radius 1 is 1.45 bits per heavy atom. The summed E-state index contributed by atoms with van der Waals surface area (Å²) in [6.07, 6.45) is 0.228. The second kappa shape index (κ2) is 3.88. The summed E-state index contributed by atoms with van der Waals surface area (Å²) in [5.41, 5.74) is 1.07. The summed E-state index contributed by atoms with van der Waals surface area (Å²) in [6, 6.07) is 0. The average molecular weight is 158 g/mol. The lowest BCUT2D eigenvalue weighted by molar-refractivity contribution is -0.917. The third-order valence-corrected chi connectivity index (χ3v) is 1.66. The highest BCUT2D eigenvalue weighted by Crippen LogP contribution is 2.04. The quantitative estimate of drug-likeness (QED) is 0.343. The van der Waals surface area contributed by atoms with Gasteiger partial charge >= 0.3 is 0 Å². The largest absolute Gasteiger partial charge is 0.325 e. The fraction of sp³-hybridized carbons (Fsp3) is 0.778. The van der Waals surface area contributed by atoms with E-state index >= 15 is 0 Å². The topological polar surface area (TPSA) is 9.23 Å². The Labute approximate surface area is 70.1 Å². The highest BCUT2D eigenvalue weighted by atomic mass is 16.5. The van der Waals surface area contributed by atoms with E-state index in [-0.39, 0.29) is 6.23 Å². The SMILES string of the molecule is C=C(C)COC(C)[N+](C)(C)C. The van der Waals surface area contributed by atoms with Crippen molar-refractivity contribution >= 4 is 0 Å². The summed E-state index contributed by atoms with van der Waals surface area (Å²) >= 11 is 0. The number of hydrogen-bond acceptors (Lipinski definition) is 1. The maximum atomic E-state index is 5.54. The minimum Gasteiger partial charge on any atom is -0.325 e. The minimum atomic E-state index is 0.228. The third-order valence-electron chi connectivity index (χ3n) is 1.66. The molecule has 66 valence electrons. The van der Waals surface area contributed by atoms with Gasteiger partial charge in [0.05, 0.1) is 27.7 Å². The van der Waals surface area contributed by atoms with E-state index in [1.807, 2.05) is 6.92 Å². The first kappa shape index (κ1) is 10.7. The molecule has 0 rings (SSSR count). The molecule has 0 amide bonds. The van der Waals surface area contributed by atoms with Crippen LogP contribution in [0.5, 0.6) is 0 Å². The molecule has 0 aromatic heterocycles. The first-order chi connectivity index (χ1) is 4.84. The molecule has 0 heterocycles. The lowest BCUT2D eigenvalue weighted by atomic mass is 10.4. The molecular formula is C9H20NO+. The van der Waals surface area contributed by atoms with E-state index in [0.717, 1.165) is 10.1 Å². The number of hydrogen-bond donors (Lipinski definition) is 0. The molecule has 0 aromatic rings.